The monoisotopic (exact) mass is 546 g/mol. The van der Waals surface area contributed by atoms with Crippen LogP contribution >= 0.6 is 11.8 Å². The molecule has 0 atom stereocenters. The molecule has 2 fully saturated rings. The number of methoxy groups -OCH3 is 1. The van der Waals surface area contributed by atoms with Crippen molar-refractivity contribution >= 4 is 29.0 Å². The second-order valence-corrected chi connectivity index (χ2v) is 9.80. The Hall–Kier alpha value is -3.53. The van der Waals surface area contributed by atoms with Crippen LogP contribution in [0, 0.1) is 11.3 Å². The first-order valence-corrected chi connectivity index (χ1v) is 12.5. The molecule has 200 valence electrons. The van der Waals surface area contributed by atoms with E-state index in [0.717, 1.165) is 50.1 Å². The molecule has 0 spiro atoms. The molecule has 0 saturated carbocycles. The zero-order valence-electron chi connectivity index (χ0n) is 20.7. The maximum absolute atomic E-state index is 13.5. The largest absolute Gasteiger partial charge is 0.493 e. The Balaban J connectivity index is 1.49. The van der Waals surface area contributed by atoms with Crippen molar-refractivity contribution < 1.29 is 32.2 Å². The van der Waals surface area contributed by atoms with Gasteiger partial charge in [-0.1, -0.05) is 6.07 Å². The number of hydrogen-bond donors (Lipinski definition) is 0. The van der Waals surface area contributed by atoms with Crippen LogP contribution in [0.25, 0.3) is 6.08 Å². The van der Waals surface area contributed by atoms with Gasteiger partial charge in [0.2, 0.25) is 0 Å². The number of ether oxygens (including phenoxy) is 2. The number of rotatable bonds is 7. The quantitative estimate of drug-likeness (QED) is 0.464. The topological polar surface area (TPSA) is 86.1 Å². The van der Waals surface area contributed by atoms with Gasteiger partial charge in [0, 0.05) is 39.3 Å². The van der Waals surface area contributed by atoms with E-state index in [2.05, 4.69) is 16.8 Å². The highest BCUT2D eigenvalue weighted by Crippen LogP contribution is 2.41. The van der Waals surface area contributed by atoms with Gasteiger partial charge in [-0.05, 0) is 60.8 Å². The lowest BCUT2D eigenvalue weighted by Gasteiger charge is -2.32. The number of nitrogens with zero attached hydrogens (tertiary/aromatic N) is 4. The number of nitriles is 1. The van der Waals surface area contributed by atoms with Crippen LogP contribution in [0.1, 0.15) is 16.7 Å². The van der Waals surface area contributed by atoms with Crippen molar-refractivity contribution in [3.05, 3.63) is 58.0 Å². The number of imide groups is 1. The van der Waals surface area contributed by atoms with Crippen LogP contribution in [0.5, 0.6) is 17.2 Å². The Morgan fingerprint density at radius 1 is 1.03 bits per heavy atom. The smallest absolute Gasteiger partial charge is 0.420 e. The second kappa shape index (κ2) is 11.5. The molecule has 2 aromatic carbocycles. The summed E-state index contributed by atoms with van der Waals surface area (Å²) in [6, 6.07) is 9.18. The third kappa shape index (κ3) is 6.30. The fourth-order valence-electron chi connectivity index (χ4n) is 4.04. The van der Waals surface area contributed by atoms with E-state index >= 15 is 0 Å². The zero-order chi connectivity index (χ0) is 27.4. The van der Waals surface area contributed by atoms with E-state index in [4.69, 9.17) is 14.7 Å². The number of carbonyl (C=O) groups excluding carboxylic acids is 2. The molecule has 2 heterocycles. The first-order chi connectivity index (χ1) is 18.1. The number of alkyl halides is 3. The lowest BCUT2D eigenvalue weighted by molar-refractivity contribution is -0.138. The molecule has 0 N–H and O–H groups in total. The molecule has 2 amide bonds. The van der Waals surface area contributed by atoms with Gasteiger partial charge in [-0.25, -0.2) is 0 Å². The van der Waals surface area contributed by atoms with Crippen LogP contribution in [0.4, 0.5) is 18.0 Å². The third-order valence-electron chi connectivity index (χ3n) is 6.23. The minimum atomic E-state index is -4.73. The van der Waals surface area contributed by atoms with E-state index in [1.54, 1.807) is 12.1 Å². The minimum Gasteiger partial charge on any atom is -0.493 e. The summed E-state index contributed by atoms with van der Waals surface area (Å²) in [6.45, 7) is 4.54. The van der Waals surface area contributed by atoms with Gasteiger partial charge in [-0.3, -0.25) is 19.4 Å². The maximum atomic E-state index is 13.5. The average Bonchev–Trinajstić information content (AvgIpc) is 3.15. The Labute approximate surface area is 222 Å². The Kier molecular flexibility index (Phi) is 8.30. The molecular weight excluding hydrogens is 521 g/mol. The van der Waals surface area contributed by atoms with Crippen molar-refractivity contribution in [2.75, 3.05) is 53.4 Å². The molecule has 0 bridgehead atoms. The second-order valence-electron chi connectivity index (χ2n) is 8.81. The van der Waals surface area contributed by atoms with Gasteiger partial charge >= 0.3 is 6.18 Å². The number of amides is 2. The van der Waals surface area contributed by atoms with Crippen molar-refractivity contribution in [3.8, 4) is 23.3 Å². The minimum absolute atomic E-state index is 0.0140. The molecule has 0 aromatic heterocycles. The summed E-state index contributed by atoms with van der Waals surface area (Å²) < 4.78 is 51.4. The van der Waals surface area contributed by atoms with Gasteiger partial charge in [0.25, 0.3) is 11.1 Å². The zero-order valence-corrected chi connectivity index (χ0v) is 21.6. The standard InChI is InChI=1S/C26H25F3N4O4S/c1-31-7-9-32(10-8-31)11-12-33-24(34)23(38-25(33)35)15-17-3-6-21(22(14-17)36-2)37-20-5-4-18(16-30)13-19(20)26(27,28)29/h3-6,13-15H,7-12H2,1-2H3. The molecule has 0 unspecified atom stereocenters. The molecule has 8 nitrogen and oxygen atoms in total. The number of benzene rings is 2. The SMILES string of the molecule is COc1cc(C=C2SC(=O)N(CCN3CCN(C)CC3)C2=O)ccc1Oc1ccc(C#N)cc1C(F)(F)F. The van der Waals surface area contributed by atoms with Gasteiger partial charge in [0.15, 0.2) is 11.5 Å². The van der Waals surface area contributed by atoms with Crippen molar-refractivity contribution in [1.82, 2.24) is 14.7 Å². The highest BCUT2D eigenvalue weighted by molar-refractivity contribution is 8.18. The normalized spacial score (nSPS) is 18.2. The maximum Gasteiger partial charge on any atom is 0.420 e. The molecule has 2 aliphatic heterocycles. The summed E-state index contributed by atoms with van der Waals surface area (Å²) in [4.78, 5) is 31.3. The van der Waals surface area contributed by atoms with Gasteiger partial charge in [-0.2, -0.15) is 18.4 Å². The van der Waals surface area contributed by atoms with E-state index in [9.17, 15) is 22.8 Å². The first-order valence-electron chi connectivity index (χ1n) is 11.7. The van der Waals surface area contributed by atoms with E-state index < -0.39 is 17.5 Å². The third-order valence-corrected chi connectivity index (χ3v) is 7.14. The summed E-state index contributed by atoms with van der Waals surface area (Å²) >= 11 is 0.840. The molecule has 2 aliphatic rings. The fourth-order valence-corrected chi connectivity index (χ4v) is 4.91. The highest BCUT2D eigenvalue weighted by atomic mass is 32.2. The molecule has 0 radical (unpaired) electrons. The van der Waals surface area contributed by atoms with Crippen LogP contribution in [-0.4, -0.2) is 79.3 Å². The summed E-state index contributed by atoms with van der Waals surface area (Å²) in [6.07, 6.45) is -3.20. The molecule has 12 heteroatoms. The molecule has 4 rings (SSSR count). The summed E-state index contributed by atoms with van der Waals surface area (Å²) in [5, 5.41) is 8.61. The molecule has 2 saturated heterocycles. The van der Waals surface area contributed by atoms with Gasteiger partial charge < -0.3 is 14.4 Å². The van der Waals surface area contributed by atoms with Crippen molar-refractivity contribution in [3.63, 3.8) is 0 Å². The van der Waals surface area contributed by atoms with Crippen LogP contribution in [0.2, 0.25) is 0 Å². The van der Waals surface area contributed by atoms with E-state index in [1.165, 1.54) is 36.3 Å². The predicted octanol–water partition coefficient (Wildman–Crippen LogP) is 4.66. The summed E-state index contributed by atoms with van der Waals surface area (Å²) in [7, 11) is 3.39. The molecular formula is C26H25F3N4O4S. The highest BCUT2D eigenvalue weighted by Gasteiger charge is 2.36. The Bertz CT molecular complexity index is 1300. The molecule has 38 heavy (non-hydrogen) atoms. The lowest BCUT2D eigenvalue weighted by Crippen LogP contribution is -2.47. The van der Waals surface area contributed by atoms with Gasteiger partial charge in [0.05, 0.1) is 29.2 Å². The van der Waals surface area contributed by atoms with Gasteiger partial charge in [0.1, 0.15) is 5.75 Å². The van der Waals surface area contributed by atoms with Crippen LogP contribution in [0.15, 0.2) is 41.3 Å². The molecule has 0 aliphatic carbocycles. The van der Waals surface area contributed by atoms with E-state index in [-0.39, 0.29) is 33.1 Å². The fraction of sp³-hybridized carbons (Fsp3) is 0.346. The summed E-state index contributed by atoms with van der Waals surface area (Å²) in [5.74, 6) is -0.726. The van der Waals surface area contributed by atoms with Crippen LogP contribution in [-0.2, 0) is 11.0 Å². The van der Waals surface area contributed by atoms with Crippen LogP contribution < -0.4 is 9.47 Å². The summed E-state index contributed by atoms with van der Waals surface area (Å²) in [5.41, 5.74) is -0.730. The predicted molar refractivity (Wildman–Crippen MR) is 136 cm³/mol. The van der Waals surface area contributed by atoms with E-state index in [1.807, 2.05) is 0 Å². The number of halogens is 3. The number of thioether (sulfide) groups is 1. The lowest BCUT2D eigenvalue weighted by atomic mass is 10.1. The number of likely N-dealkylation sites (N-methyl/N-ethyl adjacent to an activating group) is 1. The molecule has 2 aromatic rings. The van der Waals surface area contributed by atoms with Crippen molar-refractivity contribution in [1.29, 1.82) is 5.26 Å². The average molecular weight is 547 g/mol. The Morgan fingerprint density at radius 3 is 2.39 bits per heavy atom. The van der Waals surface area contributed by atoms with Crippen molar-refractivity contribution in [2.24, 2.45) is 0 Å². The number of piperazine rings is 1. The number of hydrogen-bond acceptors (Lipinski definition) is 8. The van der Waals surface area contributed by atoms with E-state index in [0.29, 0.717) is 18.7 Å². The van der Waals surface area contributed by atoms with Crippen LogP contribution in [0.3, 0.4) is 0 Å². The number of carbonyl (C=O) groups is 2. The Morgan fingerprint density at radius 2 is 1.74 bits per heavy atom. The first kappa shape index (κ1) is 27.5. The van der Waals surface area contributed by atoms with Crippen molar-refractivity contribution in [2.45, 2.75) is 6.18 Å². The van der Waals surface area contributed by atoms with Gasteiger partial charge in [-0.15, -0.1) is 0 Å².